The van der Waals surface area contributed by atoms with Gasteiger partial charge in [-0.15, -0.1) is 0 Å². The van der Waals surface area contributed by atoms with Gasteiger partial charge in [-0.2, -0.15) is 0 Å². The molecule has 4 aromatic heterocycles. The summed E-state index contributed by atoms with van der Waals surface area (Å²) in [7, 11) is 5.08. The molecule has 10 rings (SSSR count). The van der Waals surface area contributed by atoms with Crippen LogP contribution in [0.3, 0.4) is 0 Å². The predicted octanol–water partition coefficient (Wildman–Crippen LogP) is 6.57. The molecule has 18 heteroatoms. The molecule has 6 heterocycles. The number of aromatic amines is 2. The number of benzene rings is 4. The number of nitrogens with one attached hydrogen (secondary N) is 3. The van der Waals surface area contributed by atoms with Gasteiger partial charge in [0.2, 0.25) is 0 Å². The predicted molar refractivity (Wildman–Crippen MR) is 252 cm³/mol. The topological polar surface area (TPSA) is 146 Å². The van der Waals surface area contributed by atoms with Crippen molar-refractivity contribution in [2.24, 2.45) is 0 Å². The van der Waals surface area contributed by atoms with Crippen LogP contribution < -0.4 is 15.1 Å². The molecular formula is C49H50F4N12O2. The van der Waals surface area contributed by atoms with Gasteiger partial charge in [-0.1, -0.05) is 12.1 Å². The van der Waals surface area contributed by atoms with Crippen molar-refractivity contribution in [2.45, 2.75) is 12.8 Å². The van der Waals surface area contributed by atoms with Gasteiger partial charge in [0.15, 0.2) is 34.9 Å². The lowest BCUT2D eigenvalue weighted by molar-refractivity contribution is 0.0827. The maximum Gasteiger partial charge on any atom is 0.253 e. The van der Waals surface area contributed by atoms with Crippen molar-refractivity contribution in [2.75, 3.05) is 96.4 Å². The second kappa shape index (κ2) is 19.3. The minimum atomic E-state index is -0.814. The molecule has 14 nitrogen and oxygen atoms in total. The monoisotopic (exact) mass is 914 g/mol. The molecule has 0 spiro atoms. The van der Waals surface area contributed by atoms with Gasteiger partial charge in [-0.3, -0.25) is 19.4 Å². The molecule has 3 N–H and O–H groups in total. The molecule has 0 atom stereocenters. The fourth-order valence-electron chi connectivity index (χ4n) is 8.85. The number of halogens is 4. The highest BCUT2D eigenvalue weighted by molar-refractivity contribution is 6.11. The lowest BCUT2D eigenvalue weighted by Crippen LogP contribution is -2.47. The van der Waals surface area contributed by atoms with Gasteiger partial charge in [0, 0.05) is 120 Å². The Morgan fingerprint density at radius 1 is 0.582 bits per heavy atom. The minimum absolute atomic E-state index is 0.0509. The average Bonchev–Trinajstić information content (AvgIpc) is 3.93. The first-order chi connectivity index (χ1) is 32.4. The van der Waals surface area contributed by atoms with E-state index >= 15 is 0 Å². The molecule has 67 heavy (non-hydrogen) atoms. The molecule has 2 amide bonds. The van der Waals surface area contributed by atoms with Crippen LogP contribution in [0, 0.1) is 23.3 Å². The van der Waals surface area contributed by atoms with Crippen molar-refractivity contribution in [3.05, 3.63) is 131 Å². The van der Waals surface area contributed by atoms with E-state index in [0.717, 1.165) is 132 Å². The molecule has 2 saturated heterocycles. The summed E-state index contributed by atoms with van der Waals surface area (Å²) in [6.45, 7) is 8.12. The third kappa shape index (κ3) is 9.58. The molecule has 346 valence electrons. The summed E-state index contributed by atoms with van der Waals surface area (Å²) in [4.78, 5) is 60.0. The number of carbonyl (C=O) groups is 2. The van der Waals surface area contributed by atoms with E-state index in [2.05, 4.69) is 54.8 Å². The van der Waals surface area contributed by atoms with Crippen LogP contribution in [0.4, 0.5) is 29.2 Å². The van der Waals surface area contributed by atoms with Gasteiger partial charge in [0.25, 0.3) is 11.8 Å². The Morgan fingerprint density at radius 3 is 1.46 bits per heavy atom. The molecule has 0 bridgehead atoms. The third-order valence-electron chi connectivity index (χ3n) is 12.6. The number of rotatable bonds is 10. The van der Waals surface area contributed by atoms with Crippen molar-refractivity contribution in [1.82, 2.24) is 49.9 Å². The number of piperazine rings is 2. The summed E-state index contributed by atoms with van der Waals surface area (Å²) in [5.74, 6) is -1.72. The molecule has 0 radical (unpaired) electrons. The molecule has 0 unspecified atom stereocenters. The van der Waals surface area contributed by atoms with E-state index in [-0.39, 0.29) is 11.8 Å². The van der Waals surface area contributed by atoms with Crippen molar-refractivity contribution in [3.8, 4) is 0 Å². The highest BCUT2D eigenvalue weighted by atomic mass is 19.2. The Morgan fingerprint density at radius 2 is 1.03 bits per heavy atom. The van der Waals surface area contributed by atoms with Gasteiger partial charge in [0.1, 0.15) is 34.7 Å². The third-order valence-corrected chi connectivity index (χ3v) is 12.6. The highest BCUT2D eigenvalue weighted by Crippen LogP contribution is 2.32. The van der Waals surface area contributed by atoms with Crippen molar-refractivity contribution >= 4 is 67.3 Å². The fraction of sp³-hybridized carbons (Fsp3) is 0.306. The van der Waals surface area contributed by atoms with Crippen molar-refractivity contribution < 1.29 is 27.2 Å². The first kappa shape index (κ1) is 45.0. The van der Waals surface area contributed by atoms with E-state index in [9.17, 15) is 27.2 Å². The molecule has 4 aromatic carbocycles. The molecule has 2 aliphatic rings. The molecule has 8 aromatic rings. The van der Waals surface area contributed by atoms with Crippen LogP contribution in [0.25, 0.3) is 43.9 Å². The highest BCUT2D eigenvalue weighted by Gasteiger charge is 2.24. The molecular weight excluding hydrogens is 865 g/mol. The lowest BCUT2D eigenvalue weighted by Gasteiger charge is -2.35. The number of nitrogens with zero attached hydrogens (tertiary/aromatic N) is 9. The Kier molecular flexibility index (Phi) is 13.0. The molecule has 0 aliphatic carbocycles. The van der Waals surface area contributed by atoms with Crippen LogP contribution in [-0.4, -0.2) is 143 Å². The second-order valence-corrected chi connectivity index (χ2v) is 17.0. The Bertz CT molecular complexity index is 3100. The van der Waals surface area contributed by atoms with E-state index in [1.807, 2.05) is 30.3 Å². The van der Waals surface area contributed by atoms with Gasteiger partial charge in [-0.05, 0) is 84.6 Å². The minimum Gasteiger partial charge on any atom is -0.355 e. The van der Waals surface area contributed by atoms with Crippen LogP contribution >= 0.6 is 0 Å². The van der Waals surface area contributed by atoms with Crippen LogP contribution in [0.2, 0.25) is 0 Å². The largest absolute Gasteiger partial charge is 0.355 e. The quantitative estimate of drug-likeness (QED) is 0.129. The SMILES string of the molecule is CN(C)C(=O)c1ccc2[nH]c3c(N4CCN(CCc5ccc(F)c(F)c5)CC4)ncnc3c2c1.CNC(=O)c1ccc2[nH]c3c(N4CCN(CCc5ccc(F)c(F)c5)CC4)ncnc3c2c1. The number of H-pyrrole nitrogens is 2. The first-order valence-corrected chi connectivity index (χ1v) is 22.2. The van der Waals surface area contributed by atoms with Crippen LogP contribution in [0.5, 0.6) is 0 Å². The van der Waals surface area contributed by atoms with E-state index in [0.29, 0.717) is 24.0 Å². The van der Waals surface area contributed by atoms with Gasteiger partial charge < -0.3 is 30.0 Å². The van der Waals surface area contributed by atoms with Crippen LogP contribution in [0.15, 0.2) is 85.5 Å². The van der Waals surface area contributed by atoms with E-state index < -0.39 is 23.3 Å². The summed E-state index contributed by atoms with van der Waals surface area (Å²) in [5, 5.41) is 4.44. The maximum absolute atomic E-state index is 13.5. The zero-order chi connectivity index (χ0) is 46.8. The summed E-state index contributed by atoms with van der Waals surface area (Å²) >= 11 is 0. The molecule has 2 fully saturated rings. The van der Waals surface area contributed by atoms with Gasteiger partial charge in [0.05, 0.1) is 0 Å². The number of aromatic nitrogens is 6. The summed E-state index contributed by atoms with van der Waals surface area (Å²) in [6, 6.07) is 19.3. The first-order valence-electron chi connectivity index (χ1n) is 22.2. The maximum atomic E-state index is 13.5. The smallest absolute Gasteiger partial charge is 0.253 e. The Labute approximate surface area is 383 Å². The lowest BCUT2D eigenvalue weighted by atomic mass is 10.1. The summed E-state index contributed by atoms with van der Waals surface area (Å²) in [5.41, 5.74) is 7.93. The summed E-state index contributed by atoms with van der Waals surface area (Å²) in [6.07, 6.45) is 4.48. The number of hydrogen-bond acceptors (Lipinski definition) is 10. The average molecular weight is 915 g/mol. The van der Waals surface area contributed by atoms with Crippen LogP contribution in [-0.2, 0) is 12.8 Å². The Hall–Kier alpha value is -7.18. The normalized spacial score (nSPS) is 14.8. The van der Waals surface area contributed by atoms with Crippen molar-refractivity contribution in [1.29, 1.82) is 0 Å². The molecule has 2 aliphatic heterocycles. The van der Waals surface area contributed by atoms with E-state index in [4.69, 9.17) is 0 Å². The number of hydrogen-bond donors (Lipinski definition) is 3. The number of carbonyl (C=O) groups excluding carboxylic acids is 2. The van der Waals surface area contributed by atoms with E-state index in [1.54, 1.807) is 56.9 Å². The zero-order valence-electron chi connectivity index (χ0n) is 37.4. The Balaban J connectivity index is 0.000000168. The fourth-order valence-corrected chi connectivity index (χ4v) is 8.85. The zero-order valence-corrected chi connectivity index (χ0v) is 37.4. The standard InChI is InChI=1S/C25H26F2N6O.C24H24F2N6O/c1-31(2)25(34)17-4-6-21-18(14-17)22-23(30-21)24(29-15-28-22)33-11-9-32(10-12-33)8-7-16-3-5-19(26)20(27)13-16;1-27-24(33)16-3-5-20-17(13-16)21-22(30-20)23(29-14-28-21)32-10-8-31(9-11-32)7-6-15-2-4-18(25)19(26)12-15/h3-6,13-15,30H,7-12H2,1-2H3;2-5,12-14,30H,6-11H2,1H3,(H,27,33). The van der Waals surface area contributed by atoms with Gasteiger partial charge in [-0.25, -0.2) is 37.5 Å². The summed E-state index contributed by atoms with van der Waals surface area (Å²) < 4.78 is 53.2. The van der Waals surface area contributed by atoms with Crippen molar-refractivity contribution in [3.63, 3.8) is 0 Å². The van der Waals surface area contributed by atoms with E-state index in [1.165, 1.54) is 24.3 Å². The number of amides is 2. The number of anilines is 2. The van der Waals surface area contributed by atoms with Crippen LogP contribution in [0.1, 0.15) is 31.8 Å². The number of fused-ring (bicyclic) bond motifs is 6. The second-order valence-electron chi connectivity index (χ2n) is 17.0. The molecule has 0 saturated carbocycles. The van der Waals surface area contributed by atoms with Gasteiger partial charge >= 0.3 is 0 Å².